The van der Waals surface area contributed by atoms with Crippen molar-refractivity contribution in [1.82, 2.24) is 0 Å². The van der Waals surface area contributed by atoms with E-state index < -0.39 is 0 Å². The van der Waals surface area contributed by atoms with Crippen molar-refractivity contribution in [2.45, 2.75) is 25.2 Å². The van der Waals surface area contributed by atoms with E-state index in [1.807, 2.05) is 18.2 Å². The Morgan fingerprint density at radius 3 is 2.50 bits per heavy atom. The molecule has 1 aromatic rings. The molecule has 0 radical (unpaired) electrons. The van der Waals surface area contributed by atoms with Crippen LogP contribution in [0.25, 0.3) is 0 Å². The van der Waals surface area contributed by atoms with Gasteiger partial charge in [-0.05, 0) is 30.0 Å². The zero-order valence-corrected chi connectivity index (χ0v) is 10.8. The number of primary amides is 1. The molecule has 0 heterocycles. The van der Waals surface area contributed by atoms with E-state index in [1.54, 1.807) is 14.2 Å². The molecular weight excluding hydrogens is 230 g/mol. The first kappa shape index (κ1) is 12.7. The van der Waals surface area contributed by atoms with Gasteiger partial charge in [0.15, 0.2) is 11.5 Å². The SMILES string of the molecule is COc1ccc(C(CC2CC2)C(N)=O)cc1OC. The summed E-state index contributed by atoms with van der Waals surface area (Å²) in [5, 5.41) is 0. The third kappa shape index (κ3) is 2.75. The zero-order chi connectivity index (χ0) is 13.1. The Morgan fingerprint density at radius 2 is 2.00 bits per heavy atom. The van der Waals surface area contributed by atoms with Gasteiger partial charge in [0.1, 0.15) is 0 Å². The summed E-state index contributed by atoms with van der Waals surface area (Å²) < 4.78 is 10.4. The van der Waals surface area contributed by atoms with Crippen molar-refractivity contribution in [3.63, 3.8) is 0 Å². The molecule has 1 saturated carbocycles. The molecule has 2 rings (SSSR count). The number of methoxy groups -OCH3 is 2. The molecule has 0 aromatic heterocycles. The van der Waals surface area contributed by atoms with Crippen molar-refractivity contribution in [2.24, 2.45) is 11.7 Å². The Morgan fingerprint density at radius 1 is 1.33 bits per heavy atom. The maximum absolute atomic E-state index is 11.6. The molecule has 1 unspecified atom stereocenters. The van der Waals surface area contributed by atoms with Gasteiger partial charge in [0.05, 0.1) is 20.1 Å². The molecule has 98 valence electrons. The van der Waals surface area contributed by atoms with E-state index in [4.69, 9.17) is 15.2 Å². The highest BCUT2D eigenvalue weighted by atomic mass is 16.5. The second-order valence-corrected chi connectivity index (χ2v) is 4.75. The van der Waals surface area contributed by atoms with Crippen molar-refractivity contribution in [1.29, 1.82) is 0 Å². The van der Waals surface area contributed by atoms with E-state index in [9.17, 15) is 4.79 Å². The highest BCUT2D eigenvalue weighted by molar-refractivity contribution is 5.82. The summed E-state index contributed by atoms with van der Waals surface area (Å²) in [5.41, 5.74) is 6.41. The van der Waals surface area contributed by atoms with Crippen LogP contribution in [0.1, 0.15) is 30.7 Å². The topological polar surface area (TPSA) is 61.5 Å². The molecule has 0 spiro atoms. The first-order valence-corrected chi connectivity index (χ1v) is 6.17. The van der Waals surface area contributed by atoms with Crippen molar-refractivity contribution in [2.75, 3.05) is 14.2 Å². The van der Waals surface area contributed by atoms with E-state index in [2.05, 4.69) is 0 Å². The molecule has 4 heteroatoms. The Balaban J connectivity index is 2.25. The molecule has 18 heavy (non-hydrogen) atoms. The van der Waals surface area contributed by atoms with E-state index in [0.717, 1.165) is 12.0 Å². The lowest BCUT2D eigenvalue weighted by atomic mass is 9.92. The molecule has 2 N–H and O–H groups in total. The smallest absolute Gasteiger partial charge is 0.224 e. The third-order valence-corrected chi connectivity index (χ3v) is 3.42. The Bertz CT molecular complexity index is 441. The Kier molecular flexibility index (Phi) is 3.75. The molecule has 0 bridgehead atoms. The minimum Gasteiger partial charge on any atom is -0.493 e. The minimum atomic E-state index is -0.269. The second-order valence-electron chi connectivity index (χ2n) is 4.75. The maximum atomic E-state index is 11.6. The average Bonchev–Trinajstić information content (AvgIpc) is 3.18. The summed E-state index contributed by atoms with van der Waals surface area (Å²) in [7, 11) is 3.18. The largest absolute Gasteiger partial charge is 0.493 e. The lowest BCUT2D eigenvalue weighted by Gasteiger charge is -2.15. The van der Waals surface area contributed by atoms with Crippen molar-refractivity contribution in [3.05, 3.63) is 23.8 Å². The lowest BCUT2D eigenvalue weighted by Crippen LogP contribution is -2.22. The Labute approximate surface area is 107 Å². The normalized spacial score (nSPS) is 16.1. The van der Waals surface area contributed by atoms with Crippen LogP contribution in [0.3, 0.4) is 0 Å². The number of hydrogen-bond acceptors (Lipinski definition) is 3. The fourth-order valence-corrected chi connectivity index (χ4v) is 2.17. The summed E-state index contributed by atoms with van der Waals surface area (Å²) >= 11 is 0. The van der Waals surface area contributed by atoms with Gasteiger partial charge in [-0.3, -0.25) is 4.79 Å². The van der Waals surface area contributed by atoms with Gasteiger partial charge in [0.25, 0.3) is 0 Å². The Hall–Kier alpha value is -1.71. The fourth-order valence-electron chi connectivity index (χ4n) is 2.17. The standard InChI is InChI=1S/C14H19NO3/c1-17-12-6-5-10(8-13(12)18-2)11(14(15)16)7-9-3-4-9/h5-6,8-9,11H,3-4,7H2,1-2H3,(H2,15,16). The highest BCUT2D eigenvalue weighted by Crippen LogP contribution is 2.40. The maximum Gasteiger partial charge on any atom is 0.224 e. The number of carbonyl (C=O) groups excluding carboxylic acids is 1. The molecule has 1 amide bonds. The lowest BCUT2D eigenvalue weighted by molar-refractivity contribution is -0.119. The highest BCUT2D eigenvalue weighted by Gasteiger charge is 2.29. The van der Waals surface area contributed by atoms with E-state index >= 15 is 0 Å². The monoisotopic (exact) mass is 249 g/mol. The molecule has 1 aliphatic rings. The van der Waals surface area contributed by atoms with Gasteiger partial charge < -0.3 is 15.2 Å². The summed E-state index contributed by atoms with van der Waals surface area (Å²) in [6.45, 7) is 0. The van der Waals surface area contributed by atoms with Crippen LogP contribution in [0, 0.1) is 5.92 Å². The average molecular weight is 249 g/mol. The summed E-state index contributed by atoms with van der Waals surface area (Å²) in [6.07, 6.45) is 3.25. The van der Waals surface area contributed by atoms with Crippen LogP contribution < -0.4 is 15.2 Å². The molecule has 0 aliphatic heterocycles. The third-order valence-electron chi connectivity index (χ3n) is 3.42. The number of carbonyl (C=O) groups is 1. The van der Waals surface area contributed by atoms with E-state index in [0.29, 0.717) is 17.4 Å². The van der Waals surface area contributed by atoms with Crippen molar-refractivity contribution >= 4 is 5.91 Å². The van der Waals surface area contributed by atoms with Gasteiger partial charge in [-0.25, -0.2) is 0 Å². The molecule has 1 atom stereocenters. The zero-order valence-electron chi connectivity index (χ0n) is 10.8. The van der Waals surface area contributed by atoms with Crippen LogP contribution in [-0.4, -0.2) is 20.1 Å². The number of hydrogen-bond donors (Lipinski definition) is 1. The summed E-state index contributed by atoms with van der Waals surface area (Å²) in [5.74, 6) is 1.45. The first-order valence-electron chi connectivity index (χ1n) is 6.17. The van der Waals surface area contributed by atoms with Gasteiger partial charge in [-0.2, -0.15) is 0 Å². The first-order chi connectivity index (χ1) is 8.65. The molecule has 1 aliphatic carbocycles. The van der Waals surface area contributed by atoms with Crippen LogP contribution in [0.5, 0.6) is 11.5 Å². The molecule has 1 aromatic carbocycles. The van der Waals surface area contributed by atoms with Crippen LogP contribution in [-0.2, 0) is 4.79 Å². The van der Waals surface area contributed by atoms with E-state index in [-0.39, 0.29) is 11.8 Å². The van der Waals surface area contributed by atoms with Gasteiger partial charge in [0, 0.05) is 0 Å². The summed E-state index contributed by atoms with van der Waals surface area (Å²) in [4.78, 5) is 11.6. The second kappa shape index (κ2) is 5.29. The molecule has 4 nitrogen and oxygen atoms in total. The van der Waals surface area contributed by atoms with Crippen molar-refractivity contribution < 1.29 is 14.3 Å². The number of amides is 1. The molecule has 0 saturated heterocycles. The predicted molar refractivity (Wildman–Crippen MR) is 68.8 cm³/mol. The summed E-state index contributed by atoms with van der Waals surface area (Å²) in [6, 6.07) is 5.55. The van der Waals surface area contributed by atoms with Gasteiger partial charge in [-0.15, -0.1) is 0 Å². The number of nitrogens with two attached hydrogens (primary N) is 1. The number of ether oxygens (including phenoxy) is 2. The quantitative estimate of drug-likeness (QED) is 0.839. The molecular formula is C14H19NO3. The van der Waals surface area contributed by atoms with Gasteiger partial charge in [0.2, 0.25) is 5.91 Å². The van der Waals surface area contributed by atoms with Crippen LogP contribution in [0.15, 0.2) is 18.2 Å². The van der Waals surface area contributed by atoms with Gasteiger partial charge >= 0.3 is 0 Å². The van der Waals surface area contributed by atoms with Crippen molar-refractivity contribution in [3.8, 4) is 11.5 Å². The number of rotatable bonds is 6. The van der Waals surface area contributed by atoms with Crippen LogP contribution in [0.2, 0.25) is 0 Å². The van der Waals surface area contributed by atoms with Gasteiger partial charge in [-0.1, -0.05) is 18.9 Å². The minimum absolute atomic E-state index is 0.225. The molecule has 1 fully saturated rings. The van der Waals surface area contributed by atoms with Crippen LogP contribution in [0.4, 0.5) is 0 Å². The predicted octanol–water partition coefficient (Wildman–Crippen LogP) is 2.07. The van der Waals surface area contributed by atoms with E-state index in [1.165, 1.54) is 12.8 Å². The van der Waals surface area contributed by atoms with Crippen LogP contribution >= 0.6 is 0 Å². The number of benzene rings is 1. The fraction of sp³-hybridized carbons (Fsp3) is 0.500.